The van der Waals surface area contributed by atoms with Crippen molar-refractivity contribution in [1.82, 2.24) is 10.2 Å². The first-order valence-corrected chi connectivity index (χ1v) is 11.0. The molecule has 1 N–H and O–H groups in total. The molecule has 0 unspecified atom stereocenters. The Balaban J connectivity index is 1.64. The molecule has 1 atom stereocenters. The molecule has 0 aliphatic carbocycles. The number of likely N-dealkylation sites (tertiary alicyclic amines) is 1. The first-order valence-electron chi connectivity index (χ1n) is 11.0. The average molecular weight is 411 g/mol. The normalized spacial score (nSPS) is 15.8. The molecule has 1 fully saturated rings. The molecular weight excluding hydrogens is 376 g/mol. The molecular formula is C25H34N2O3. The van der Waals surface area contributed by atoms with Gasteiger partial charge >= 0.3 is 0 Å². The van der Waals surface area contributed by atoms with E-state index in [2.05, 4.69) is 29.3 Å². The van der Waals surface area contributed by atoms with Crippen LogP contribution in [-0.4, -0.2) is 38.1 Å². The van der Waals surface area contributed by atoms with Crippen molar-refractivity contribution in [1.29, 1.82) is 0 Å². The molecule has 5 heteroatoms. The van der Waals surface area contributed by atoms with E-state index in [4.69, 9.17) is 9.47 Å². The van der Waals surface area contributed by atoms with Gasteiger partial charge in [-0.3, -0.25) is 9.69 Å². The summed E-state index contributed by atoms with van der Waals surface area (Å²) in [5.74, 6) is 1.29. The van der Waals surface area contributed by atoms with Crippen LogP contribution >= 0.6 is 0 Å². The molecule has 2 aromatic carbocycles. The second-order valence-corrected chi connectivity index (χ2v) is 7.94. The Kier molecular flexibility index (Phi) is 8.14. The van der Waals surface area contributed by atoms with Gasteiger partial charge in [-0.25, -0.2) is 0 Å². The lowest BCUT2D eigenvalue weighted by atomic mass is 10.0. The fraction of sp³-hybridized carbons (Fsp3) is 0.480. The lowest BCUT2D eigenvalue weighted by Gasteiger charge is -2.20. The van der Waals surface area contributed by atoms with Crippen LogP contribution in [0, 0.1) is 0 Å². The summed E-state index contributed by atoms with van der Waals surface area (Å²) in [5, 5.41) is 3.15. The van der Waals surface area contributed by atoms with E-state index in [9.17, 15) is 4.79 Å². The van der Waals surface area contributed by atoms with Gasteiger partial charge in [0, 0.05) is 12.1 Å². The number of hydrogen-bond acceptors (Lipinski definition) is 4. The summed E-state index contributed by atoms with van der Waals surface area (Å²) in [6, 6.07) is 13.7. The Hall–Kier alpha value is -2.53. The van der Waals surface area contributed by atoms with Gasteiger partial charge in [-0.1, -0.05) is 38.0 Å². The highest BCUT2D eigenvalue weighted by Crippen LogP contribution is 2.31. The minimum absolute atomic E-state index is 0.0574. The summed E-state index contributed by atoms with van der Waals surface area (Å²) in [6.45, 7) is 5.37. The molecule has 1 aliphatic rings. The van der Waals surface area contributed by atoms with E-state index >= 15 is 0 Å². The van der Waals surface area contributed by atoms with Crippen molar-refractivity contribution in [2.75, 3.05) is 27.3 Å². The van der Waals surface area contributed by atoms with Crippen molar-refractivity contribution >= 4 is 5.91 Å². The topological polar surface area (TPSA) is 50.8 Å². The Morgan fingerprint density at radius 3 is 2.23 bits per heavy atom. The largest absolute Gasteiger partial charge is 0.493 e. The molecule has 162 valence electrons. The summed E-state index contributed by atoms with van der Waals surface area (Å²) in [6.07, 6.45) is 6.04. The Morgan fingerprint density at radius 1 is 0.967 bits per heavy atom. The minimum atomic E-state index is -0.0888. The predicted molar refractivity (Wildman–Crippen MR) is 120 cm³/mol. The second kappa shape index (κ2) is 11.0. The molecule has 5 nitrogen and oxygen atoms in total. The third-order valence-electron chi connectivity index (χ3n) is 5.84. The molecule has 3 rings (SSSR count). The number of amides is 1. The number of methoxy groups -OCH3 is 2. The van der Waals surface area contributed by atoms with E-state index in [0.29, 0.717) is 17.1 Å². The van der Waals surface area contributed by atoms with Crippen LogP contribution in [0.3, 0.4) is 0 Å². The molecule has 0 spiro atoms. The maximum Gasteiger partial charge on any atom is 0.251 e. The molecule has 0 bridgehead atoms. The van der Waals surface area contributed by atoms with Gasteiger partial charge in [0.15, 0.2) is 11.5 Å². The lowest BCUT2D eigenvalue weighted by Crippen LogP contribution is -2.28. The summed E-state index contributed by atoms with van der Waals surface area (Å²) in [4.78, 5) is 15.4. The molecule has 0 aromatic heterocycles. The van der Waals surface area contributed by atoms with Crippen molar-refractivity contribution in [3.05, 3.63) is 59.2 Å². The summed E-state index contributed by atoms with van der Waals surface area (Å²) in [7, 11) is 3.24. The van der Waals surface area contributed by atoms with Crippen LogP contribution in [0.1, 0.15) is 66.6 Å². The van der Waals surface area contributed by atoms with Crippen LogP contribution in [0.25, 0.3) is 0 Å². The number of nitrogens with zero attached hydrogens (tertiary/aromatic N) is 1. The first kappa shape index (κ1) is 22.2. The highest BCUT2D eigenvalue weighted by Gasteiger charge is 2.17. The third kappa shape index (κ3) is 5.76. The number of ether oxygens (including phenoxy) is 2. The average Bonchev–Trinajstić information content (AvgIpc) is 3.06. The van der Waals surface area contributed by atoms with E-state index < -0.39 is 0 Å². The van der Waals surface area contributed by atoms with Gasteiger partial charge in [0.2, 0.25) is 0 Å². The number of carbonyl (C=O) groups is 1. The highest BCUT2D eigenvalue weighted by atomic mass is 16.5. The van der Waals surface area contributed by atoms with Crippen molar-refractivity contribution in [3.8, 4) is 11.5 Å². The molecule has 30 heavy (non-hydrogen) atoms. The van der Waals surface area contributed by atoms with Crippen molar-refractivity contribution < 1.29 is 14.3 Å². The molecule has 1 saturated heterocycles. The number of rotatable bonds is 8. The van der Waals surface area contributed by atoms with Crippen LogP contribution in [-0.2, 0) is 6.54 Å². The van der Waals surface area contributed by atoms with E-state index in [1.807, 2.05) is 30.3 Å². The fourth-order valence-electron chi connectivity index (χ4n) is 4.05. The quantitative estimate of drug-likeness (QED) is 0.668. The molecule has 1 heterocycles. The molecule has 1 aliphatic heterocycles. The highest BCUT2D eigenvalue weighted by molar-refractivity contribution is 5.94. The van der Waals surface area contributed by atoms with Gasteiger partial charge in [-0.2, -0.15) is 0 Å². The Morgan fingerprint density at radius 2 is 1.63 bits per heavy atom. The summed E-state index contributed by atoms with van der Waals surface area (Å²) < 4.78 is 10.7. The van der Waals surface area contributed by atoms with E-state index in [0.717, 1.165) is 18.5 Å². The van der Waals surface area contributed by atoms with Crippen LogP contribution in [0.4, 0.5) is 0 Å². The summed E-state index contributed by atoms with van der Waals surface area (Å²) in [5.41, 5.74) is 2.95. The zero-order valence-corrected chi connectivity index (χ0v) is 18.4. The third-order valence-corrected chi connectivity index (χ3v) is 5.84. The van der Waals surface area contributed by atoms with Crippen LogP contribution in [0.15, 0.2) is 42.5 Å². The molecule has 1 amide bonds. The van der Waals surface area contributed by atoms with Gasteiger partial charge < -0.3 is 14.8 Å². The van der Waals surface area contributed by atoms with Crippen LogP contribution in [0.2, 0.25) is 0 Å². The van der Waals surface area contributed by atoms with Crippen molar-refractivity contribution in [2.24, 2.45) is 0 Å². The zero-order valence-electron chi connectivity index (χ0n) is 18.4. The molecule has 0 radical (unpaired) electrons. The van der Waals surface area contributed by atoms with Gasteiger partial charge in [-0.05, 0) is 67.7 Å². The minimum Gasteiger partial charge on any atom is -0.493 e. The Bertz CT molecular complexity index is 812. The van der Waals surface area contributed by atoms with E-state index in [1.165, 1.54) is 44.3 Å². The van der Waals surface area contributed by atoms with Gasteiger partial charge in [0.1, 0.15) is 0 Å². The zero-order chi connectivity index (χ0) is 21.3. The maximum absolute atomic E-state index is 12.8. The SMILES string of the molecule is CC[C@H](NC(=O)c1ccc(CN2CCCCCC2)cc1)c1ccc(OC)c(OC)c1. The van der Waals surface area contributed by atoms with Gasteiger partial charge in [0.05, 0.1) is 20.3 Å². The number of carbonyl (C=O) groups excluding carboxylic acids is 1. The summed E-state index contributed by atoms with van der Waals surface area (Å²) >= 11 is 0. The first-order chi connectivity index (χ1) is 14.6. The molecule has 2 aromatic rings. The van der Waals surface area contributed by atoms with Crippen LogP contribution < -0.4 is 14.8 Å². The van der Waals surface area contributed by atoms with Crippen molar-refractivity contribution in [3.63, 3.8) is 0 Å². The van der Waals surface area contributed by atoms with Gasteiger partial charge in [0.25, 0.3) is 5.91 Å². The monoisotopic (exact) mass is 410 g/mol. The van der Waals surface area contributed by atoms with Gasteiger partial charge in [-0.15, -0.1) is 0 Å². The van der Waals surface area contributed by atoms with E-state index in [1.54, 1.807) is 14.2 Å². The maximum atomic E-state index is 12.8. The van der Waals surface area contributed by atoms with E-state index in [-0.39, 0.29) is 11.9 Å². The predicted octanol–water partition coefficient (Wildman–Crippen LogP) is 4.96. The second-order valence-electron chi connectivity index (χ2n) is 7.94. The van der Waals surface area contributed by atoms with Crippen LogP contribution in [0.5, 0.6) is 11.5 Å². The smallest absolute Gasteiger partial charge is 0.251 e. The molecule has 0 saturated carbocycles. The number of benzene rings is 2. The standard InChI is InChI=1S/C25H34N2O3/c1-4-22(21-13-14-23(29-2)24(17-21)30-3)26-25(28)20-11-9-19(10-12-20)18-27-15-7-5-6-8-16-27/h9-14,17,22H,4-8,15-16,18H2,1-3H3,(H,26,28)/t22-/m0/s1. The number of nitrogens with one attached hydrogen (secondary N) is 1. The van der Waals surface area contributed by atoms with Crippen molar-refractivity contribution in [2.45, 2.75) is 51.6 Å². The Labute approximate surface area is 180 Å². The fourth-order valence-corrected chi connectivity index (χ4v) is 4.05. The lowest BCUT2D eigenvalue weighted by molar-refractivity contribution is 0.0935. The number of hydrogen-bond donors (Lipinski definition) is 1.